The van der Waals surface area contributed by atoms with Gasteiger partial charge in [-0.15, -0.1) is 11.3 Å². The maximum Gasteiger partial charge on any atom is 0.273 e. The smallest absolute Gasteiger partial charge is 0.273 e. The lowest BCUT2D eigenvalue weighted by molar-refractivity contribution is -0.385. The van der Waals surface area contributed by atoms with Gasteiger partial charge in [0.25, 0.3) is 5.69 Å². The highest BCUT2D eigenvalue weighted by Crippen LogP contribution is 2.39. The average Bonchev–Trinajstić information content (AvgIpc) is 2.91. The minimum absolute atomic E-state index is 0.0382. The summed E-state index contributed by atoms with van der Waals surface area (Å²) < 4.78 is 4.94. The van der Waals surface area contributed by atoms with Crippen LogP contribution in [0, 0.1) is 10.1 Å². The van der Waals surface area contributed by atoms with Crippen LogP contribution in [0.5, 0.6) is 11.5 Å². The number of methoxy groups -OCH3 is 1. The summed E-state index contributed by atoms with van der Waals surface area (Å²) in [5, 5.41) is 22.8. The number of benzene rings is 1. The Bertz CT molecular complexity index is 598. The summed E-state index contributed by atoms with van der Waals surface area (Å²) in [5.41, 5.74) is 6.13. The normalized spacial score (nSPS) is 12.1. The predicted molar refractivity (Wildman–Crippen MR) is 71.7 cm³/mol. The maximum atomic E-state index is 10.9. The van der Waals surface area contributed by atoms with E-state index in [2.05, 4.69) is 0 Å². The number of aromatic hydroxyl groups is 1. The number of rotatable bonds is 4. The number of nitro groups is 1. The van der Waals surface area contributed by atoms with Crippen molar-refractivity contribution < 1.29 is 14.8 Å². The van der Waals surface area contributed by atoms with Crippen LogP contribution in [-0.2, 0) is 0 Å². The number of non-ortho nitro benzene ring substituents is 1. The van der Waals surface area contributed by atoms with Crippen molar-refractivity contribution >= 4 is 17.0 Å². The molecule has 0 aliphatic rings. The van der Waals surface area contributed by atoms with E-state index in [9.17, 15) is 15.2 Å². The molecule has 0 amide bonds. The number of hydrogen-bond donors (Lipinski definition) is 2. The lowest BCUT2D eigenvalue weighted by Crippen LogP contribution is -2.11. The average molecular weight is 280 g/mol. The van der Waals surface area contributed by atoms with Crippen molar-refractivity contribution in [1.29, 1.82) is 0 Å². The lowest BCUT2D eigenvalue weighted by atomic mass is 10.0. The molecule has 6 nitrogen and oxygen atoms in total. The van der Waals surface area contributed by atoms with Crippen molar-refractivity contribution in [2.24, 2.45) is 5.73 Å². The zero-order valence-electron chi connectivity index (χ0n) is 10.1. The standard InChI is InChI=1S/C12H12N2O4S/c1-18-9-6-7(14(16)17)5-8(12(9)15)11(13)10-3-2-4-19-10/h2-6,11,15H,13H2,1H3/t11-/m1/s1. The van der Waals surface area contributed by atoms with E-state index in [4.69, 9.17) is 10.5 Å². The Morgan fingerprint density at radius 2 is 2.26 bits per heavy atom. The third kappa shape index (κ3) is 2.51. The molecule has 2 rings (SSSR count). The molecule has 0 saturated carbocycles. The molecule has 7 heteroatoms. The summed E-state index contributed by atoms with van der Waals surface area (Å²) in [5.74, 6) is -0.134. The van der Waals surface area contributed by atoms with Gasteiger partial charge in [0.05, 0.1) is 24.1 Å². The van der Waals surface area contributed by atoms with Crippen molar-refractivity contribution in [3.63, 3.8) is 0 Å². The molecule has 1 aromatic carbocycles. The molecule has 0 aliphatic carbocycles. The van der Waals surface area contributed by atoms with Crippen LogP contribution in [0.2, 0.25) is 0 Å². The van der Waals surface area contributed by atoms with Gasteiger partial charge in [-0.3, -0.25) is 10.1 Å². The SMILES string of the molecule is COc1cc([N+](=O)[O-])cc([C@@H](N)c2cccs2)c1O. The highest BCUT2D eigenvalue weighted by atomic mass is 32.1. The van der Waals surface area contributed by atoms with Gasteiger partial charge in [0.1, 0.15) is 0 Å². The monoisotopic (exact) mass is 280 g/mol. The molecule has 0 spiro atoms. The van der Waals surface area contributed by atoms with Gasteiger partial charge in [0, 0.05) is 16.5 Å². The van der Waals surface area contributed by atoms with E-state index in [1.54, 1.807) is 6.07 Å². The second kappa shape index (κ2) is 5.25. The van der Waals surface area contributed by atoms with E-state index in [0.717, 1.165) is 4.88 Å². The minimum Gasteiger partial charge on any atom is -0.504 e. The Kier molecular flexibility index (Phi) is 3.68. The molecule has 0 unspecified atom stereocenters. The van der Waals surface area contributed by atoms with E-state index in [1.807, 2.05) is 11.4 Å². The number of nitrogens with zero attached hydrogens (tertiary/aromatic N) is 1. The third-order valence-electron chi connectivity index (χ3n) is 2.70. The van der Waals surface area contributed by atoms with E-state index in [-0.39, 0.29) is 22.7 Å². The highest BCUT2D eigenvalue weighted by molar-refractivity contribution is 7.10. The van der Waals surface area contributed by atoms with E-state index in [1.165, 1.54) is 30.6 Å². The van der Waals surface area contributed by atoms with Crippen molar-refractivity contribution in [3.8, 4) is 11.5 Å². The highest BCUT2D eigenvalue weighted by Gasteiger charge is 2.22. The summed E-state index contributed by atoms with van der Waals surface area (Å²) >= 11 is 1.42. The van der Waals surface area contributed by atoms with Gasteiger partial charge in [-0.05, 0) is 11.4 Å². The van der Waals surface area contributed by atoms with E-state index >= 15 is 0 Å². The number of nitro benzene ring substituents is 1. The number of thiophene rings is 1. The van der Waals surface area contributed by atoms with Gasteiger partial charge in [-0.25, -0.2) is 0 Å². The Hall–Kier alpha value is -2.12. The molecule has 0 bridgehead atoms. The molecular weight excluding hydrogens is 268 g/mol. The molecule has 0 aliphatic heterocycles. The number of ether oxygens (including phenoxy) is 1. The van der Waals surface area contributed by atoms with Gasteiger partial charge >= 0.3 is 0 Å². The van der Waals surface area contributed by atoms with Crippen LogP contribution in [0.4, 0.5) is 5.69 Å². The van der Waals surface area contributed by atoms with Gasteiger partial charge in [-0.2, -0.15) is 0 Å². The van der Waals surface area contributed by atoms with Crippen molar-refractivity contribution in [1.82, 2.24) is 0 Å². The van der Waals surface area contributed by atoms with Gasteiger partial charge in [0.15, 0.2) is 11.5 Å². The maximum absolute atomic E-state index is 10.9. The summed E-state index contributed by atoms with van der Waals surface area (Å²) in [7, 11) is 1.33. The molecule has 1 aromatic heterocycles. The molecule has 1 heterocycles. The van der Waals surface area contributed by atoms with Crippen LogP contribution in [0.15, 0.2) is 29.6 Å². The van der Waals surface area contributed by atoms with Crippen molar-refractivity contribution in [2.45, 2.75) is 6.04 Å². The van der Waals surface area contributed by atoms with Crippen LogP contribution < -0.4 is 10.5 Å². The molecule has 19 heavy (non-hydrogen) atoms. The second-order valence-electron chi connectivity index (χ2n) is 3.84. The fourth-order valence-corrected chi connectivity index (χ4v) is 2.48. The molecule has 0 radical (unpaired) electrons. The van der Waals surface area contributed by atoms with Crippen LogP contribution in [-0.4, -0.2) is 17.1 Å². The summed E-state index contributed by atoms with van der Waals surface area (Å²) in [4.78, 5) is 11.1. The Labute approximate surface area is 113 Å². The van der Waals surface area contributed by atoms with Crippen molar-refractivity contribution in [2.75, 3.05) is 7.11 Å². The largest absolute Gasteiger partial charge is 0.504 e. The molecule has 0 fully saturated rings. The second-order valence-corrected chi connectivity index (χ2v) is 4.82. The molecule has 1 atom stereocenters. The van der Waals surface area contributed by atoms with Gasteiger partial charge in [-0.1, -0.05) is 6.07 Å². The van der Waals surface area contributed by atoms with E-state index in [0.29, 0.717) is 0 Å². The zero-order chi connectivity index (χ0) is 14.0. The molecule has 3 N–H and O–H groups in total. The van der Waals surface area contributed by atoms with Gasteiger partial charge < -0.3 is 15.6 Å². The first-order chi connectivity index (χ1) is 9.04. The number of phenols is 1. The Morgan fingerprint density at radius 1 is 1.53 bits per heavy atom. The summed E-state index contributed by atoms with van der Waals surface area (Å²) in [6.45, 7) is 0. The number of nitrogens with two attached hydrogens (primary N) is 1. The number of hydrogen-bond acceptors (Lipinski definition) is 6. The number of phenolic OH excluding ortho intramolecular Hbond substituents is 1. The first-order valence-electron chi connectivity index (χ1n) is 5.39. The Balaban J connectivity index is 2.55. The first-order valence-corrected chi connectivity index (χ1v) is 6.26. The summed E-state index contributed by atoms with van der Waals surface area (Å²) in [6.07, 6.45) is 0. The quantitative estimate of drug-likeness (QED) is 0.662. The molecule has 100 valence electrons. The van der Waals surface area contributed by atoms with Crippen LogP contribution in [0.25, 0.3) is 0 Å². The van der Waals surface area contributed by atoms with Crippen LogP contribution in [0.1, 0.15) is 16.5 Å². The molecule has 2 aromatic rings. The lowest BCUT2D eigenvalue weighted by Gasteiger charge is -2.14. The topological polar surface area (TPSA) is 98.6 Å². The fourth-order valence-electron chi connectivity index (χ4n) is 1.73. The minimum atomic E-state index is -0.631. The van der Waals surface area contributed by atoms with Crippen LogP contribution in [0.3, 0.4) is 0 Å². The first kappa shape index (κ1) is 13.3. The van der Waals surface area contributed by atoms with Crippen molar-refractivity contribution in [3.05, 3.63) is 50.2 Å². The third-order valence-corrected chi connectivity index (χ3v) is 3.66. The van der Waals surface area contributed by atoms with Crippen LogP contribution >= 0.6 is 11.3 Å². The van der Waals surface area contributed by atoms with E-state index < -0.39 is 11.0 Å². The Morgan fingerprint density at radius 3 is 2.79 bits per heavy atom. The fraction of sp³-hybridized carbons (Fsp3) is 0.167. The van der Waals surface area contributed by atoms with Gasteiger partial charge in [0.2, 0.25) is 0 Å². The predicted octanol–water partition coefficient (Wildman–Crippen LogP) is 2.42. The zero-order valence-corrected chi connectivity index (χ0v) is 10.9. The molecular formula is C12H12N2O4S. The molecule has 0 saturated heterocycles. The summed E-state index contributed by atoms with van der Waals surface area (Å²) in [6, 6.07) is 5.43.